The van der Waals surface area contributed by atoms with E-state index in [4.69, 9.17) is 5.26 Å². The molecule has 1 aromatic rings. The fourth-order valence-corrected chi connectivity index (χ4v) is 3.58. The minimum Gasteiger partial charge on any atom is -0.258 e. The third-order valence-electron chi connectivity index (χ3n) is 3.05. The molecule has 0 N–H and O–H groups in total. The molecule has 2 rings (SSSR count). The Morgan fingerprint density at radius 1 is 1.35 bits per heavy atom. The third kappa shape index (κ3) is 2.95. The summed E-state index contributed by atoms with van der Waals surface area (Å²) in [7, 11) is -3.69. The van der Waals surface area contributed by atoms with E-state index < -0.39 is 14.9 Å². The average molecular weight is 295 g/mol. The van der Waals surface area contributed by atoms with Crippen LogP contribution in [0.2, 0.25) is 0 Å². The summed E-state index contributed by atoms with van der Waals surface area (Å²) in [6.07, 6.45) is 1.71. The van der Waals surface area contributed by atoms with E-state index >= 15 is 0 Å². The van der Waals surface area contributed by atoms with Crippen LogP contribution < -0.4 is 0 Å². The Hall–Kier alpha value is -1.98. The monoisotopic (exact) mass is 295 g/mol. The van der Waals surface area contributed by atoms with Gasteiger partial charge in [0.1, 0.15) is 0 Å². The molecule has 1 aromatic carbocycles. The van der Waals surface area contributed by atoms with Gasteiger partial charge in [0.15, 0.2) is 0 Å². The van der Waals surface area contributed by atoms with Gasteiger partial charge < -0.3 is 0 Å². The van der Waals surface area contributed by atoms with Crippen LogP contribution in [0.5, 0.6) is 0 Å². The molecule has 0 atom stereocenters. The van der Waals surface area contributed by atoms with Gasteiger partial charge in [-0.3, -0.25) is 10.1 Å². The Balaban J connectivity index is 2.27. The van der Waals surface area contributed by atoms with Crippen LogP contribution in [0.25, 0.3) is 0 Å². The van der Waals surface area contributed by atoms with Crippen LogP contribution in [0.3, 0.4) is 0 Å². The molecule has 1 aliphatic carbocycles. The Bertz CT molecular complexity index is 644. The van der Waals surface area contributed by atoms with E-state index in [0.717, 1.165) is 12.8 Å². The van der Waals surface area contributed by atoms with E-state index in [1.165, 1.54) is 28.6 Å². The predicted octanol–water partition coefficient (Wildman–Crippen LogP) is 1.66. The molecule has 1 aliphatic rings. The molecule has 0 saturated heterocycles. The van der Waals surface area contributed by atoms with Crippen LogP contribution in [-0.2, 0) is 10.0 Å². The third-order valence-corrected chi connectivity index (χ3v) is 5.02. The molecular weight excluding hydrogens is 282 g/mol. The average Bonchev–Trinajstić information content (AvgIpc) is 3.23. The second kappa shape index (κ2) is 5.56. The van der Waals surface area contributed by atoms with Crippen LogP contribution in [0.1, 0.15) is 19.3 Å². The summed E-state index contributed by atoms with van der Waals surface area (Å²) in [5, 5.41) is 19.2. The molecule has 7 nitrogen and oxygen atoms in total. The summed E-state index contributed by atoms with van der Waals surface area (Å²) in [5.74, 6) is 0. The lowest BCUT2D eigenvalue weighted by Gasteiger charge is -2.20. The van der Waals surface area contributed by atoms with Crippen molar-refractivity contribution in [2.45, 2.75) is 30.2 Å². The molecule has 1 fully saturated rings. The molecule has 0 aromatic heterocycles. The normalized spacial score (nSPS) is 15.0. The van der Waals surface area contributed by atoms with Crippen molar-refractivity contribution in [1.29, 1.82) is 5.26 Å². The van der Waals surface area contributed by atoms with Crippen molar-refractivity contribution in [3.05, 3.63) is 34.4 Å². The second-order valence-electron chi connectivity index (χ2n) is 4.51. The van der Waals surface area contributed by atoms with E-state index in [2.05, 4.69) is 0 Å². The first-order valence-corrected chi connectivity index (χ1v) is 7.54. The largest absolute Gasteiger partial charge is 0.269 e. The summed E-state index contributed by atoms with van der Waals surface area (Å²) in [6.45, 7) is 0.153. The molecule has 1 saturated carbocycles. The first-order chi connectivity index (χ1) is 9.46. The fourth-order valence-electron chi connectivity index (χ4n) is 1.90. The summed E-state index contributed by atoms with van der Waals surface area (Å²) in [4.78, 5) is 10.0. The Kier molecular flexibility index (Phi) is 4.01. The van der Waals surface area contributed by atoms with Gasteiger partial charge in [0.2, 0.25) is 10.0 Å². The van der Waals surface area contributed by atoms with Gasteiger partial charge in [-0.1, -0.05) is 0 Å². The zero-order chi connectivity index (χ0) is 14.8. The Morgan fingerprint density at radius 3 is 2.40 bits per heavy atom. The Morgan fingerprint density at radius 2 is 1.95 bits per heavy atom. The van der Waals surface area contributed by atoms with Crippen molar-refractivity contribution in [1.82, 2.24) is 4.31 Å². The summed E-state index contributed by atoms with van der Waals surface area (Å²) in [5.41, 5.74) is -0.154. The number of nitriles is 1. The van der Waals surface area contributed by atoms with Gasteiger partial charge in [0.05, 0.1) is 15.9 Å². The summed E-state index contributed by atoms with van der Waals surface area (Å²) in [6, 6.07) is 6.68. The quantitative estimate of drug-likeness (QED) is 0.586. The number of nitro benzene ring substituents is 1. The van der Waals surface area contributed by atoms with Gasteiger partial charge in [-0.2, -0.15) is 9.57 Å². The maximum absolute atomic E-state index is 12.4. The van der Waals surface area contributed by atoms with Gasteiger partial charge >= 0.3 is 0 Å². The molecule has 0 amide bonds. The fraction of sp³-hybridized carbons (Fsp3) is 0.417. The van der Waals surface area contributed by atoms with Crippen LogP contribution in [0, 0.1) is 21.4 Å². The number of hydrogen-bond acceptors (Lipinski definition) is 5. The molecule has 106 valence electrons. The minimum atomic E-state index is -3.69. The first kappa shape index (κ1) is 14.4. The zero-order valence-corrected chi connectivity index (χ0v) is 11.4. The summed E-state index contributed by atoms with van der Waals surface area (Å²) < 4.78 is 26.2. The number of sulfonamides is 1. The van der Waals surface area contributed by atoms with Crippen molar-refractivity contribution < 1.29 is 13.3 Å². The molecule has 0 heterocycles. The molecule has 8 heteroatoms. The number of hydrogen-bond donors (Lipinski definition) is 0. The van der Waals surface area contributed by atoms with Crippen LogP contribution in [-0.4, -0.2) is 30.2 Å². The van der Waals surface area contributed by atoms with E-state index in [1.54, 1.807) is 0 Å². The second-order valence-corrected chi connectivity index (χ2v) is 6.40. The van der Waals surface area contributed by atoms with Gasteiger partial charge in [-0.05, 0) is 25.0 Å². The standard InChI is InChI=1S/C12H13N3O4S/c13-8-1-9-14(10-2-3-10)20(18,19)12-6-4-11(5-7-12)15(16)17/h4-7,10H,1-3,9H2. The van der Waals surface area contributed by atoms with Crippen LogP contribution in [0.15, 0.2) is 29.2 Å². The van der Waals surface area contributed by atoms with Crippen molar-refractivity contribution >= 4 is 15.7 Å². The molecule has 0 aliphatic heterocycles. The van der Waals surface area contributed by atoms with Crippen molar-refractivity contribution in [2.75, 3.05) is 6.54 Å². The predicted molar refractivity (Wildman–Crippen MR) is 70.2 cm³/mol. The number of non-ortho nitro benzene ring substituents is 1. The lowest BCUT2D eigenvalue weighted by atomic mass is 10.3. The zero-order valence-electron chi connectivity index (χ0n) is 10.6. The van der Waals surface area contributed by atoms with Gasteiger partial charge in [-0.15, -0.1) is 0 Å². The smallest absolute Gasteiger partial charge is 0.258 e. The van der Waals surface area contributed by atoms with Gasteiger partial charge in [0, 0.05) is 31.1 Å². The number of nitrogens with zero attached hydrogens (tertiary/aromatic N) is 3. The minimum absolute atomic E-state index is 0.0212. The topological polar surface area (TPSA) is 104 Å². The first-order valence-electron chi connectivity index (χ1n) is 6.10. The molecule has 0 unspecified atom stereocenters. The molecule has 0 spiro atoms. The van der Waals surface area contributed by atoms with E-state index in [1.807, 2.05) is 6.07 Å². The van der Waals surface area contributed by atoms with Crippen LogP contribution >= 0.6 is 0 Å². The Labute approximate surface area is 116 Å². The van der Waals surface area contributed by atoms with E-state index in [-0.39, 0.29) is 29.6 Å². The lowest BCUT2D eigenvalue weighted by Crippen LogP contribution is -2.33. The van der Waals surface area contributed by atoms with Gasteiger partial charge in [0.25, 0.3) is 5.69 Å². The maximum Gasteiger partial charge on any atom is 0.269 e. The highest BCUT2D eigenvalue weighted by Crippen LogP contribution is 2.32. The van der Waals surface area contributed by atoms with Crippen molar-refractivity contribution in [2.24, 2.45) is 0 Å². The van der Waals surface area contributed by atoms with Crippen LogP contribution in [0.4, 0.5) is 5.69 Å². The number of benzene rings is 1. The van der Waals surface area contributed by atoms with Crippen molar-refractivity contribution in [3.8, 4) is 6.07 Å². The number of rotatable bonds is 6. The highest BCUT2D eigenvalue weighted by atomic mass is 32.2. The SMILES string of the molecule is N#CCCN(C1CC1)S(=O)(=O)c1ccc([N+](=O)[O-])cc1. The number of nitro groups is 1. The van der Waals surface area contributed by atoms with Gasteiger partial charge in [-0.25, -0.2) is 8.42 Å². The van der Waals surface area contributed by atoms with E-state index in [9.17, 15) is 18.5 Å². The highest BCUT2D eigenvalue weighted by Gasteiger charge is 2.37. The highest BCUT2D eigenvalue weighted by molar-refractivity contribution is 7.89. The summed E-state index contributed by atoms with van der Waals surface area (Å²) >= 11 is 0. The molecule has 0 radical (unpaired) electrons. The van der Waals surface area contributed by atoms with Crippen molar-refractivity contribution in [3.63, 3.8) is 0 Å². The molecule has 20 heavy (non-hydrogen) atoms. The lowest BCUT2D eigenvalue weighted by molar-refractivity contribution is -0.384. The molecule has 0 bridgehead atoms. The van der Waals surface area contributed by atoms with E-state index in [0.29, 0.717) is 0 Å². The maximum atomic E-state index is 12.4. The molecular formula is C12H13N3O4S.